The SMILES string of the molecule is COc1ccc(S(=O)(=O)N(CC(=O)N(C)c2ccccc2)c2ccc(F)cc2)cc1OC. The van der Waals surface area contributed by atoms with Crippen LogP contribution in [0.2, 0.25) is 0 Å². The van der Waals surface area contributed by atoms with Gasteiger partial charge in [-0.1, -0.05) is 18.2 Å². The fourth-order valence-corrected chi connectivity index (χ4v) is 4.48. The van der Waals surface area contributed by atoms with Gasteiger partial charge in [0.05, 0.1) is 24.8 Å². The molecule has 0 unspecified atom stereocenters. The highest BCUT2D eigenvalue weighted by molar-refractivity contribution is 7.92. The molecule has 168 valence electrons. The Kier molecular flexibility index (Phi) is 6.99. The summed E-state index contributed by atoms with van der Waals surface area (Å²) in [6, 6.07) is 17.9. The zero-order valence-electron chi connectivity index (χ0n) is 17.9. The molecule has 0 radical (unpaired) electrons. The molecule has 32 heavy (non-hydrogen) atoms. The summed E-state index contributed by atoms with van der Waals surface area (Å²) in [5.41, 5.74) is 0.760. The normalized spacial score (nSPS) is 11.0. The first-order chi connectivity index (χ1) is 15.3. The third kappa shape index (κ3) is 4.83. The first-order valence-corrected chi connectivity index (χ1v) is 11.0. The van der Waals surface area contributed by atoms with E-state index >= 15 is 0 Å². The molecule has 3 aromatic rings. The van der Waals surface area contributed by atoms with Gasteiger partial charge in [0.15, 0.2) is 11.5 Å². The lowest BCUT2D eigenvalue weighted by molar-refractivity contribution is -0.116. The number of ether oxygens (including phenoxy) is 2. The van der Waals surface area contributed by atoms with Gasteiger partial charge in [-0.15, -0.1) is 0 Å². The Morgan fingerprint density at radius 1 is 0.875 bits per heavy atom. The lowest BCUT2D eigenvalue weighted by atomic mass is 10.3. The molecular weight excluding hydrogens is 435 g/mol. The van der Waals surface area contributed by atoms with Gasteiger partial charge in [-0.3, -0.25) is 9.10 Å². The minimum Gasteiger partial charge on any atom is -0.493 e. The first kappa shape index (κ1) is 23.1. The second-order valence-electron chi connectivity index (χ2n) is 6.79. The van der Waals surface area contributed by atoms with Crippen molar-refractivity contribution in [3.63, 3.8) is 0 Å². The highest BCUT2D eigenvalue weighted by Gasteiger charge is 2.29. The van der Waals surface area contributed by atoms with E-state index in [2.05, 4.69) is 0 Å². The van der Waals surface area contributed by atoms with Gasteiger partial charge in [0.25, 0.3) is 10.0 Å². The zero-order valence-corrected chi connectivity index (χ0v) is 18.7. The highest BCUT2D eigenvalue weighted by atomic mass is 32.2. The number of hydrogen-bond acceptors (Lipinski definition) is 5. The van der Waals surface area contributed by atoms with E-state index < -0.39 is 28.3 Å². The van der Waals surface area contributed by atoms with Crippen molar-refractivity contribution in [3.8, 4) is 11.5 Å². The molecule has 3 aromatic carbocycles. The third-order valence-electron chi connectivity index (χ3n) is 4.85. The number of benzene rings is 3. The van der Waals surface area contributed by atoms with E-state index in [-0.39, 0.29) is 16.3 Å². The Hall–Kier alpha value is -3.59. The molecule has 0 aromatic heterocycles. The smallest absolute Gasteiger partial charge is 0.264 e. The number of carbonyl (C=O) groups excluding carboxylic acids is 1. The summed E-state index contributed by atoms with van der Waals surface area (Å²) in [5, 5.41) is 0. The van der Waals surface area contributed by atoms with Crippen molar-refractivity contribution in [1.82, 2.24) is 0 Å². The van der Waals surface area contributed by atoms with Crippen molar-refractivity contribution in [1.29, 1.82) is 0 Å². The molecule has 0 aliphatic heterocycles. The largest absolute Gasteiger partial charge is 0.493 e. The van der Waals surface area contributed by atoms with Crippen LogP contribution in [-0.4, -0.2) is 42.1 Å². The summed E-state index contributed by atoms with van der Waals surface area (Å²) >= 11 is 0. The first-order valence-electron chi connectivity index (χ1n) is 9.60. The van der Waals surface area contributed by atoms with Gasteiger partial charge in [-0.2, -0.15) is 0 Å². The number of sulfonamides is 1. The van der Waals surface area contributed by atoms with Crippen LogP contribution in [0.5, 0.6) is 11.5 Å². The van der Waals surface area contributed by atoms with E-state index in [9.17, 15) is 17.6 Å². The van der Waals surface area contributed by atoms with Gasteiger partial charge in [0, 0.05) is 18.8 Å². The van der Waals surface area contributed by atoms with Crippen LogP contribution in [0.1, 0.15) is 0 Å². The van der Waals surface area contributed by atoms with Gasteiger partial charge in [-0.05, 0) is 48.5 Å². The Labute approximate surface area is 186 Å². The van der Waals surface area contributed by atoms with Crippen LogP contribution >= 0.6 is 0 Å². The van der Waals surface area contributed by atoms with E-state index in [0.717, 1.165) is 16.4 Å². The van der Waals surface area contributed by atoms with E-state index in [0.29, 0.717) is 11.4 Å². The Bertz CT molecular complexity index is 1180. The van der Waals surface area contributed by atoms with Gasteiger partial charge in [0.2, 0.25) is 5.91 Å². The van der Waals surface area contributed by atoms with Crippen LogP contribution in [0.25, 0.3) is 0 Å². The lowest BCUT2D eigenvalue weighted by Gasteiger charge is -2.27. The molecule has 0 atom stereocenters. The minimum absolute atomic E-state index is 0.102. The number of carbonyl (C=O) groups is 1. The fourth-order valence-electron chi connectivity index (χ4n) is 3.05. The predicted octanol–water partition coefficient (Wildman–Crippen LogP) is 3.70. The number of anilines is 2. The maximum absolute atomic E-state index is 13.5. The monoisotopic (exact) mass is 458 g/mol. The summed E-state index contributed by atoms with van der Waals surface area (Å²) in [7, 11) is 0.184. The van der Waals surface area contributed by atoms with E-state index in [1.54, 1.807) is 31.3 Å². The molecule has 7 nitrogen and oxygen atoms in total. The molecule has 0 bridgehead atoms. The number of amides is 1. The van der Waals surface area contributed by atoms with Crippen LogP contribution in [0.15, 0.2) is 77.7 Å². The quantitative estimate of drug-likeness (QED) is 0.515. The molecule has 9 heteroatoms. The van der Waals surface area contributed by atoms with Gasteiger partial charge in [-0.25, -0.2) is 12.8 Å². The van der Waals surface area contributed by atoms with Gasteiger partial charge >= 0.3 is 0 Å². The van der Waals surface area contributed by atoms with Gasteiger partial charge < -0.3 is 14.4 Å². The Balaban J connectivity index is 2.03. The summed E-state index contributed by atoms with van der Waals surface area (Å²) in [4.78, 5) is 14.3. The number of para-hydroxylation sites is 1. The number of halogens is 1. The summed E-state index contributed by atoms with van der Waals surface area (Å²) in [5.74, 6) is -0.408. The van der Waals surface area contributed by atoms with Crippen molar-refractivity contribution < 1.29 is 27.1 Å². The van der Waals surface area contributed by atoms with Crippen LogP contribution in [-0.2, 0) is 14.8 Å². The number of hydrogen-bond donors (Lipinski definition) is 0. The molecule has 0 aliphatic rings. The maximum atomic E-state index is 13.5. The third-order valence-corrected chi connectivity index (χ3v) is 6.62. The molecule has 3 rings (SSSR count). The van der Waals surface area contributed by atoms with E-state index in [1.807, 2.05) is 6.07 Å². The highest BCUT2D eigenvalue weighted by Crippen LogP contribution is 2.32. The number of methoxy groups -OCH3 is 2. The van der Waals surface area contributed by atoms with Crippen LogP contribution in [0.4, 0.5) is 15.8 Å². The van der Waals surface area contributed by atoms with Crippen LogP contribution in [0, 0.1) is 5.82 Å². The molecule has 0 saturated heterocycles. The molecule has 0 aliphatic carbocycles. The standard InChI is InChI=1S/C23H23FN2O5S/c1-25(18-7-5-4-6-8-18)23(27)16-26(19-11-9-17(24)10-12-19)32(28,29)20-13-14-21(30-2)22(15-20)31-3/h4-15H,16H2,1-3H3. The van der Waals surface area contributed by atoms with Crippen molar-refractivity contribution in [3.05, 3.63) is 78.6 Å². The molecule has 0 heterocycles. The topological polar surface area (TPSA) is 76.2 Å². The predicted molar refractivity (Wildman–Crippen MR) is 120 cm³/mol. The average molecular weight is 459 g/mol. The summed E-state index contributed by atoms with van der Waals surface area (Å²) < 4.78 is 51.9. The number of likely N-dealkylation sites (N-methyl/N-ethyl adjacent to an activating group) is 1. The summed E-state index contributed by atoms with van der Waals surface area (Å²) in [6.07, 6.45) is 0. The number of rotatable bonds is 8. The molecule has 1 amide bonds. The lowest BCUT2D eigenvalue weighted by Crippen LogP contribution is -2.41. The number of nitrogens with zero attached hydrogens (tertiary/aromatic N) is 2. The Morgan fingerprint density at radius 2 is 1.50 bits per heavy atom. The van der Waals surface area contributed by atoms with E-state index in [4.69, 9.17) is 9.47 Å². The van der Waals surface area contributed by atoms with Crippen molar-refractivity contribution in [2.45, 2.75) is 4.90 Å². The molecule has 0 saturated carbocycles. The zero-order chi connectivity index (χ0) is 23.3. The van der Waals surface area contributed by atoms with Crippen LogP contribution in [0.3, 0.4) is 0 Å². The van der Waals surface area contributed by atoms with Crippen molar-refractivity contribution in [2.75, 3.05) is 37.0 Å². The van der Waals surface area contributed by atoms with Crippen molar-refractivity contribution >= 4 is 27.3 Å². The van der Waals surface area contributed by atoms with Crippen molar-refractivity contribution in [2.24, 2.45) is 0 Å². The minimum atomic E-state index is -4.21. The second kappa shape index (κ2) is 9.69. The average Bonchev–Trinajstić information content (AvgIpc) is 2.82. The second-order valence-corrected chi connectivity index (χ2v) is 8.66. The fraction of sp³-hybridized carbons (Fsp3) is 0.174. The summed E-state index contributed by atoms with van der Waals surface area (Å²) in [6.45, 7) is -0.492. The van der Waals surface area contributed by atoms with Gasteiger partial charge in [0.1, 0.15) is 12.4 Å². The maximum Gasteiger partial charge on any atom is 0.264 e. The van der Waals surface area contributed by atoms with Crippen LogP contribution < -0.4 is 18.7 Å². The molecular formula is C23H23FN2O5S. The Morgan fingerprint density at radius 3 is 2.09 bits per heavy atom. The van der Waals surface area contributed by atoms with E-state index in [1.165, 1.54) is 49.5 Å². The molecule has 0 N–H and O–H groups in total. The molecule has 0 fully saturated rings. The molecule has 0 spiro atoms.